The summed E-state index contributed by atoms with van der Waals surface area (Å²) in [6.45, 7) is 0. The summed E-state index contributed by atoms with van der Waals surface area (Å²) in [4.78, 5) is 11.2. The molecule has 0 aliphatic rings. The smallest absolute Gasteiger partial charge is 0.239 e. The molecule has 0 saturated heterocycles. The van der Waals surface area contributed by atoms with Crippen LogP contribution in [0, 0.1) is 0 Å². The third kappa shape index (κ3) is 1.81. The summed E-state index contributed by atoms with van der Waals surface area (Å²) in [5, 5.41) is 0. The lowest BCUT2D eigenvalue weighted by atomic mass is 10.7. The van der Waals surface area contributed by atoms with Crippen LogP contribution >= 0.6 is 0 Å². The van der Waals surface area contributed by atoms with E-state index in [9.17, 15) is 0 Å². The Morgan fingerprint density at radius 1 is 1.60 bits per heavy atom. The number of nitrogens with zero attached hydrogens (tertiary/aromatic N) is 3. The van der Waals surface area contributed by atoms with Gasteiger partial charge in [-0.15, -0.1) is 0 Å². The Hall–Kier alpha value is -1.45. The summed E-state index contributed by atoms with van der Waals surface area (Å²) >= 11 is 0. The molecule has 0 radical (unpaired) electrons. The van der Waals surface area contributed by atoms with Gasteiger partial charge in [0.25, 0.3) is 0 Å². The van der Waals surface area contributed by atoms with E-state index in [1.54, 1.807) is 19.4 Å². The Morgan fingerprint density at radius 3 is 3.10 bits per heavy atom. The van der Waals surface area contributed by atoms with Gasteiger partial charge in [0.2, 0.25) is 5.88 Å². The maximum Gasteiger partial charge on any atom is 0.239 e. The van der Waals surface area contributed by atoms with Gasteiger partial charge in [0.05, 0.1) is 6.20 Å². The number of ether oxygens (including phenoxy) is 1. The van der Waals surface area contributed by atoms with Gasteiger partial charge in [-0.05, 0) is 0 Å². The minimum atomic E-state index is 0.452. The topological polar surface area (TPSA) is 47.4 Å². The quantitative estimate of drug-likeness (QED) is 0.441. The maximum absolute atomic E-state index is 4.89. The maximum atomic E-state index is 4.89. The zero-order chi connectivity index (χ0) is 7.23. The lowest BCUT2D eigenvalue weighted by molar-refractivity contribution is 0.544. The van der Waals surface area contributed by atoms with Crippen LogP contribution in [0.3, 0.4) is 0 Å². The molecule has 0 amide bonds. The summed E-state index contributed by atoms with van der Waals surface area (Å²) < 4.78 is 4.89. The highest BCUT2D eigenvalue weighted by Gasteiger charge is 1.86. The van der Waals surface area contributed by atoms with Crippen LogP contribution in [-0.2, 0) is 0 Å². The summed E-state index contributed by atoms with van der Waals surface area (Å²) in [5.74, 6) is 0.452. The van der Waals surface area contributed by atoms with Crippen molar-refractivity contribution in [2.75, 3.05) is 7.05 Å². The van der Waals surface area contributed by atoms with Crippen molar-refractivity contribution < 1.29 is 4.74 Å². The molecule has 0 atom stereocenters. The lowest BCUT2D eigenvalue weighted by Crippen LogP contribution is -1.91. The first kappa shape index (κ1) is 6.67. The second kappa shape index (κ2) is 3.55. The van der Waals surface area contributed by atoms with Gasteiger partial charge in [0.15, 0.2) is 6.40 Å². The highest BCUT2D eigenvalue weighted by molar-refractivity contribution is 5.49. The Balaban J connectivity index is 2.59. The lowest BCUT2D eigenvalue weighted by Gasteiger charge is -1.92. The van der Waals surface area contributed by atoms with Crippen LogP contribution in [0.2, 0.25) is 0 Å². The molecular weight excluding hydrogens is 130 g/mol. The number of aliphatic imine (C=N–C) groups is 1. The molecule has 0 aliphatic heterocycles. The van der Waals surface area contributed by atoms with E-state index in [1.807, 2.05) is 0 Å². The van der Waals surface area contributed by atoms with Crippen molar-refractivity contribution in [3.8, 4) is 5.88 Å². The third-order valence-corrected chi connectivity index (χ3v) is 0.818. The second-order valence-corrected chi connectivity index (χ2v) is 1.53. The largest absolute Gasteiger partial charge is 0.426 e. The van der Waals surface area contributed by atoms with Gasteiger partial charge in [-0.3, -0.25) is 9.98 Å². The Kier molecular flexibility index (Phi) is 2.37. The fourth-order valence-electron chi connectivity index (χ4n) is 0.453. The molecule has 0 unspecified atom stereocenters. The van der Waals surface area contributed by atoms with Crippen molar-refractivity contribution in [3.05, 3.63) is 18.6 Å². The molecule has 4 heteroatoms. The molecule has 1 heterocycles. The normalized spacial score (nSPS) is 10.1. The SMILES string of the molecule is CN=COc1cnccn1. The van der Waals surface area contributed by atoms with Crippen molar-refractivity contribution in [2.24, 2.45) is 4.99 Å². The molecule has 52 valence electrons. The number of aromatic nitrogens is 2. The van der Waals surface area contributed by atoms with Crippen molar-refractivity contribution in [1.29, 1.82) is 0 Å². The standard InChI is InChI=1S/C6H7N3O/c1-7-5-10-6-4-8-2-3-9-6/h2-5H,1H3. The summed E-state index contributed by atoms with van der Waals surface area (Å²) in [5.41, 5.74) is 0. The fourth-order valence-corrected chi connectivity index (χ4v) is 0.453. The number of hydrogen-bond donors (Lipinski definition) is 0. The van der Waals surface area contributed by atoms with Crippen LogP contribution in [0.25, 0.3) is 0 Å². The van der Waals surface area contributed by atoms with Gasteiger partial charge in [0.1, 0.15) is 0 Å². The van der Waals surface area contributed by atoms with Crippen molar-refractivity contribution in [3.63, 3.8) is 0 Å². The average Bonchev–Trinajstić information content (AvgIpc) is 2.03. The van der Waals surface area contributed by atoms with Gasteiger partial charge >= 0.3 is 0 Å². The highest BCUT2D eigenvalue weighted by atomic mass is 16.5. The molecule has 4 nitrogen and oxygen atoms in total. The highest BCUT2D eigenvalue weighted by Crippen LogP contribution is 1.97. The molecule has 0 fully saturated rings. The van der Waals surface area contributed by atoms with E-state index in [1.165, 1.54) is 12.6 Å². The second-order valence-electron chi connectivity index (χ2n) is 1.53. The first-order valence-electron chi connectivity index (χ1n) is 2.77. The van der Waals surface area contributed by atoms with Crippen LogP contribution in [0.15, 0.2) is 23.6 Å². The first-order valence-corrected chi connectivity index (χ1v) is 2.77. The molecule has 0 spiro atoms. The van der Waals surface area contributed by atoms with Gasteiger partial charge in [-0.2, -0.15) is 0 Å². The van der Waals surface area contributed by atoms with E-state index < -0.39 is 0 Å². The molecule has 1 rings (SSSR count). The average molecular weight is 137 g/mol. The van der Waals surface area contributed by atoms with E-state index >= 15 is 0 Å². The van der Waals surface area contributed by atoms with Crippen LogP contribution in [-0.4, -0.2) is 23.4 Å². The van der Waals surface area contributed by atoms with E-state index in [4.69, 9.17) is 4.74 Å². The molecule has 0 bridgehead atoms. The van der Waals surface area contributed by atoms with Crippen molar-refractivity contribution >= 4 is 6.40 Å². The predicted octanol–water partition coefficient (Wildman–Crippen LogP) is 0.513. The zero-order valence-electron chi connectivity index (χ0n) is 5.56. The molecule has 0 aliphatic carbocycles. The summed E-state index contributed by atoms with van der Waals surface area (Å²) in [6, 6.07) is 0. The molecule has 1 aromatic heterocycles. The predicted molar refractivity (Wildman–Crippen MR) is 37.1 cm³/mol. The number of rotatable bonds is 2. The van der Waals surface area contributed by atoms with E-state index in [0.29, 0.717) is 5.88 Å². The molecular formula is C6H7N3O. The van der Waals surface area contributed by atoms with E-state index in [0.717, 1.165) is 0 Å². The van der Waals surface area contributed by atoms with E-state index in [-0.39, 0.29) is 0 Å². The van der Waals surface area contributed by atoms with Crippen LogP contribution in [0.4, 0.5) is 0 Å². The van der Waals surface area contributed by atoms with Gasteiger partial charge in [-0.1, -0.05) is 0 Å². The van der Waals surface area contributed by atoms with Gasteiger partial charge < -0.3 is 4.74 Å². The van der Waals surface area contributed by atoms with Crippen LogP contribution in [0.5, 0.6) is 5.88 Å². The minimum Gasteiger partial charge on any atom is -0.426 e. The zero-order valence-corrected chi connectivity index (χ0v) is 5.56. The molecule has 0 aromatic carbocycles. The summed E-state index contributed by atoms with van der Waals surface area (Å²) in [7, 11) is 1.62. The Bertz CT molecular complexity index is 209. The number of hydrogen-bond acceptors (Lipinski definition) is 4. The fraction of sp³-hybridized carbons (Fsp3) is 0.167. The van der Waals surface area contributed by atoms with Crippen LogP contribution in [0.1, 0.15) is 0 Å². The molecule has 1 aromatic rings. The Labute approximate surface area is 58.6 Å². The summed E-state index contributed by atoms with van der Waals surface area (Å²) in [6.07, 6.45) is 5.96. The first-order chi connectivity index (χ1) is 4.93. The van der Waals surface area contributed by atoms with Crippen molar-refractivity contribution in [1.82, 2.24) is 9.97 Å². The van der Waals surface area contributed by atoms with E-state index in [2.05, 4.69) is 15.0 Å². The van der Waals surface area contributed by atoms with Crippen LogP contribution < -0.4 is 4.74 Å². The van der Waals surface area contributed by atoms with Gasteiger partial charge in [0, 0.05) is 19.4 Å². The molecule has 10 heavy (non-hydrogen) atoms. The minimum absolute atomic E-state index is 0.452. The third-order valence-electron chi connectivity index (χ3n) is 0.818. The van der Waals surface area contributed by atoms with Crippen molar-refractivity contribution in [2.45, 2.75) is 0 Å². The monoisotopic (exact) mass is 137 g/mol. The molecule has 0 N–H and O–H groups in total. The molecule has 0 saturated carbocycles. The van der Waals surface area contributed by atoms with Gasteiger partial charge in [-0.25, -0.2) is 4.98 Å². The Morgan fingerprint density at radius 2 is 2.50 bits per heavy atom.